The number of fused-ring (bicyclic) bond motifs is 5. The largest absolute Gasteiger partial charge is 0.465 e. The van der Waals surface area contributed by atoms with Crippen LogP contribution in [0.4, 0.5) is 5.69 Å². The minimum atomic E-state index is -0.960. The first-order valence-corrected chi connectivity index (χ1v) is 11.1. The van der Waals surface area contributed by atoms with E-state index in [1.54, 1.807) is 24.3 Å². The average molecular weight is 444 g/mol. The number of hydrogen-bond donors (Lipinski definition) is 1. The molecule has 5 atom stereocenters. The molecular formula is C26H24N2O5. The lowest BCUT2D eigenvalue weighted by molar-refractivity contribution is -0.147. The normalized spacial score (nSPS) is 25.8. The maximum Gasteiger partial charge on any atom is 0.337 e. The third-order valence-electron chi connectivity index (χ3n) is 6.96. The summed E-state index contributed by atoms with van der Waals surface area (Å²) in [5.74, 6) is -1.99. The Bertz CT molecular complexity index is 1110. The maximum absolute atomic E-state index is 13.4. The van der Waals surface area contributed by atoms with Crippen molar-refractivity contribution in [1.29, 1.82) is 0 Å². The molecule has 2 aromatic rings. The fraction of sp³-hybridized carbons (Fsp3) is 0.308. The number of methoxy groups -OCH3 is 1. The highest BCUT2D eigenvalue weighted by Crippen LogP contribution is 2.53. The maximum atomic E-state index is 13.4. The second-order valence-electron chi connectivity index (χ2n) is 8.81. The van der Waals surface area contributed by atoms with Crippen molar-refractivity contribution in [2.75, 3.05) is 12.4 Å². The quantitative estimate of drug-likeness (QED) is 0.420. The van der Waals surface area contributed by atoms with Crippen LogP contribution in [0.5, 0.6) is 0 Å². The number of allylic oxidation sites excluding steroid dienone is 2. The molecule has 33 heavy (non-hydrogen) atoms. The van der Waals surface area contributed by atoms with Crippen LogP contribution < -0.4 is 5.32 Å². The summed E-state index contributed by atoms with van der Waals surface area (Å²) in [5, 5.41) is 2.82. The number of rotatable bonds is 6. The first-order chi connectivity index (χ1) is 16.0. The summed E-state index contributed by atoms with van der Waals surface area (Å²) in [6.07, 6.45) is 5.14. The Morgan fingerprint density at radius 1 is 0.970 bits per heavy atom. The number of likely N-dealkylation sites (tertiary alicyclic amines) is 1. The Morgan fingerprint density at radius 2 is 1.58 bits per heavy atom. The van der Waals surface area contributed by atoms with Gasteiger partial charge in [0.15, 0.2) is 0 Å². The van der Waals surface area contributed by atoms with Crippen LogP contribution >= 0.6 is 0 Å². The van der Waals surface area contributed by atoms with Crippen molar-refractivity contribution < 1.29 is 23.9 Å². The van der Waals surface area contributed by atoms with Crippen LogP contribution in [0.1, 0.15) is 22.3 Å². The van der Waals surface area contributed by atoms with Crippen molar-refractivity contribution in [3.05, 3.63) is 77.9 Å². The van der Waals surface area contributed by atoms with Crippen molar-refractivity contribution in [1.82, 2.24) is 4.90 Å². The molecule has 1 heterocycles. The predicted octanol–water partition coefficient (Wildman–Crippen LogP) is 2.83. The number of imide groups is 1. The van der Waals surface area contributed by atoms with Gasteiger partial charge in [-0.1, -0.05) is 42.5 Å². The summed E-state index contributed by atoms with van der Waals surface area (Å²) < 4.78 is 4.70. The third kappa shape index (κ3) is 3.63. The molecule has 0 aromatic heterocycles. The van der Waals surface area contributed by atoms with Gasteiger partial charge in [-0.05, 0) is 48.1 Å². The summed E-state index contributed by atoms with van der Waals surface area (Å²) in [4.78, 5) is 53.0. The number of nitrogens with one attached hydrogen (secondary N) is 1. The minimum absolute atomic E-state index is 0.0766. The molecule has 2 aromatic carbocycles. The minimum Gasteiger partial charge on any atom is -0.465 e. The van der Waals surface area contributed by atoms with Crippen molar-refractivity contribution in [2.45, 2.75) is 18.9 Å². The molecule has 1 saturated heterocycles. The second kappa shape index (κ2) is 8.31. The van der Waals surface area contributed by atoms with Crippen LogP contribution in [-0.2, 0) is 25.5 Å². The molecule has 2 aliphatic carbocycles. The van der Waals surface area contributed by atoms with E-state index in [4.69, 9.17) is 4.74 Å². The van der Waals surface area contributed by atoms with Crippen molar-refractivity contribution in [2.24, 2.45) is 23.7 Å². The molecule has 1 saturated carbocycles. The van der Waals surface area contributed by atoms with E-state index in [2.05, 4.69) is 5.32 Å². The zero-order chi connectivity index (χ0) is 23.1. The Labute approximate surface area is 191 Å². The Morgan fingerprint density at radius 3 is 2.15 bits per heavy atom. The highest BCUT2D eigenvalue weighted by molar-refractivity contribution is 6.11. The molecule has 0 spiro atoms. The molecule has 5 rings (SSSR count). The lowest BCUT2D eigenvalue weighted by Gasteiger charge is -2.27. The molecule has 2 fully saturated rings. The number of anilines is 1. The summed E-state index contributed by atoms with van der Waals surface area (Å²) in [5.41, 5.74) is 1.68. The zero-order valence-corrected chi connectivity index (χ0v) is 18.1. The molecule has 0 unspecified atom stereocenters. The van der Waals surface area contributed by atoms with Gasteiger partial charge >= 0.3 is 5.97 Å². The lowest BCUT2D eigenvalue weighted by Crippen LogP contribution is -2.49. The molecule has 3 aliphatic rings. The van der Waals surface area contributed by atoms with E-state index >= 15 is 0 Å². The van der Waals surface area contributed by atoms with Crippen LogP contribution in [0.15, 0.2) is 66.7 Å². The van der Waals surface area contributed by atoms with E-state index in [9.17, 15) is 19.2 Å². The van der Waals surface area contributed by atoms with Gasteiger partial charge in [0.2, 0.25) is 17.7 Å². The fourth-order valence-corrected chi connectivity index (χ4v) is 5.40. The van der Waals surface area contributed by atoms with E-state index in [-0.39, 0.29) is 41.9 Å². The van der Waals surface area contributed by atoms with Crippen LogP contribution in [0.25, 0.3) is 0 Å². The molecule has 1 aliphatic heterocycles. The average Bonchev–Trinajstić information content (AvgIpc) is 3.52. The van der Waals surface area contributed by atoms with Gasteiger partial charge in [-0.15, -0.1) is 0 Å². The number of hydrogen-bond acceptors (Lipinski definition) is 5. The topological polar surface area (TPSA) is 92.8 Å². The predicted molar refractivity (Wildman–Crippen MR) is 120 cm³/mol. The van der Waals surface area contributed by atoms with Gasteiger partial charge in [0.05, 0.1) is 24.5 Å². The molecule has 0 radical (unpaired) electrons. The number of esters is 1. The molecule has 7 heteroatoms. The standard InChI is InChI=1S/C26H24N2O5/c1-33-26(32)16-9-11-19(12-10-16)27-23(29)20(13-15-5-3-2-4-6-15)28-24(30)21-17-7-8-18(14-17)22(21)25(28)31/h2-12,17-18,20-22H,13-14H2,1H3,(H,27,29)/t17-,18-,20-,21+,22+/m0/s1. The molecule has 168 valence electrons. The highest BCUT2D eigenvalue weighted by atomic mass is 16.5. The summed E-state index contributed by atoms with van der Waals surface area (Å²) in [7, 11) is 1.30. The first kappa shape index (κ1) is 21.1. The van der Waals surface area contributed by atoms with Crippen LogP contribution in [0.2, 0.25) is 0 Å². The number of benzene rings is 2. The van der Waals surface area contributed by atoms with Gasteiger partial charge in [-0.3, -0.25) is 19.3 Å². The Balaban J connectivity index is 1.41. The van der Waals surface area contributed by atoms with Crippen molar-refractivity contribution in [3.8, 4) is 0 Å². The molecular weight excluding hydrogens is 420 g/mol. The number of ether oxygens (including phenoxy) is 1. The molecule has 2 bridgehead atoms. The van der Waals surface area contributed by atoms with E-state index in [0.717, 1.165) is 12.0 Å². The fourth-order valence-electron chi connectivity index (χ4n) is 5.40. The molecule has 7 nitrogen and oxygen atoms in total. The van der Waals surface area contributed by atoms with Gasteiger partial charge in [0.1, 0.15) is 6.04 Å². The van der Waals surface area contributed by atoms with Crippen molar-refractivity contribution in [3.63, 3.8) is 0 Å². The van der Waals surface area contributed by atoms with Gasteiger partial charge in [-0.2, -0.15) is 0 Å². The van der Waals surface area contributed by atoms with Crippen LogP contribution in [0.3, 0.4) is 0 Å². The van der Waals surface area contributed by atoms with Crippen molar-refractivity contribution >= 4 is 29.4 Å². The van der Waals surface area contributed by atoms with Gasteiger partial charge < -0.3 is 10.1 Å². The molecule has 3 amide bonds. The third-order valence-corrected chi connectivity index (χ3v) is 6.96. The van der Waals surface area contributed by atoms with Gasteiger partial charge in [-0.25, -0.2) is 4.79 Å². The van der Waals surface area contributed by atoms with Gasteiger partial charge in [0.25, 0.3) is 0 Å². The summed E-state index contributed by atoms with van der Waals surface area (Å²) >= 11 is 0. The number of amides is 3. The van der Waals surface area contributed by atoms with E-state index in [1.807, 2.05) is 42.5 Å². The van der Waals surface area contributed by atoms with E-state index in [1.165, 1.54) is 12.0 Å². The zero-order valence-electron chi connectivity index (χ0n) is 18.1. The summed E-state index contributed by atoms with van der Waals surface area (Å²) in [6.45, 7) is 0. The van der Waals surface area contributed by atoms with E-state index in [0.29, 0.717) is 11.3 Å². The first-order valence-electron chi connectivity index (χ1n) is 11.1. The smallest absolute Gasteiger partial charge is 0.337 e. The lowest BCUT2D eigenvalue weighted by atomic mass is 9.85. The summed E-state index contributed by atoms with van der Waals surface area (Å²) in [6, 6.07) is 14.7. The Hall–Kier alpha value is -3.74. The number of carbonyl (C=O) groups is 4. The monoisotopic (exact) mass is 444 g/mol. The van der Waals surface area contributed by atoms with Crippen LogP contribution in [-0.4, -0.2) is 41.7 Å². The highest BCUT2D eigenvalue weighted by Gasteiger charge is 2.61. The van der Waals surface area contributed by atoms with Gasteiger partial charge in [0, 0.05) is 12.1 Å². The van der Waals surface area contributed by atoms with Crippen LogP contribution in [0, 0.1) is 23.7 Å². The number of carbonyl (C=O) groups excluding carboxylic acids is 4. The Kier molecular flexibility index (Phi) is 5.32. The number of nitrogens with zero attached hydrogens (tertiary/aromatic N) is 1. The molecule has 1 N–H and O–H groups in total. The van der Waals surface area contributed by atoms with E-state index < -0.39 is 17.9 Å². The SMILES string of the molecule is COC(=O)c1ccc(NC(=O)[C@H](Cc2ccccc2)N2C(=O)[C@H]3[C@H](C2=O)[C@H]2C=C[C@H]3C2)cc1. The second-order valence-corrected chi connectivity index (χ2v) is 8.81.